The summed E-state index contributed by atoms with van der Waals surface area (Å²) in [5.41, 5.74) is 0.911. The van der Waals surface area contributed by atoms with E-state index in [0.717, 1.165) is 18.3 Å². The molecule has 1 aromatic carbocycles. The zero-order chi connectivity index (χ0) is 10.4. The quantitative estimate of drug-likeness (QED) is 0.702. The summed E-state index contributed by atoms with van der Waals surface area (Å²) in [7, 11) is 0. The second-order valence-electron chi connectivity index (χ2n) is 2.98. The summed E-state index contributed by atoms with van der Waals surface area (Å²) in [5.74, 6) is 0.683. The molecule has 0 unspecified atom stereocenters. The zero-order valence-corrected chi connectivity index (χ0v) is 8.88. The minimum atomic E-state index is 0.397. The molecule has 2 nitrogen and oxygen atoms in total. The van der Waals surface area contributed by atoms with E-state index in [1.165, 1.54) is 0 Å². The number of carbonyl (C=O) groups excluding carboxylic acids is 1. The molecule has 3 heteroatoms. The van der Waals surface area contributed by atoms with E-state index in [1.54, 1.807) is 12.1 Å². The fourth-order valence-electron chi connectivity index (χ4n) is 1.10. The maximum absolute atomic E-state index is 10.3. The highest BCUT2D eigenvalue weighted by atomic mass is 35.5. The molecule has 0 saturated carbocycles. The Hall–Kier alpha value is -1.02. The minimum absolute atomic E-state index is 0.397. The fraction of sp³-hybridized carbons (Fsp3) is 0.364. The van der Waals surface area contributed by atoms with E-state index in [9.17, 15) is 4.79 Å². The van der Waals surface area contributed by atoms with Gasteiger partial charge in [-0.05, 0) is 24.1 Å². The summed E-state index contributed by atoms with van der Waals surface area (Å²) < 4.78 is 5.40. The molecule has 0 N–H and O–H groups in total. The molecule has 76 valence electrons. The molecule has 0 aliphatic carbocycles. The number of hydrogen-bond acceptors (Lipinski definition) is 2. The van der Waals surface area contributed by atoms with Crippen LogP contribution in [0.2, 0.25) is 5.02 Å². The molecule has 0 aliphatic heterocycles. The predicted molar refractivity (Wildman–Crippen MR) is 57.0 cm³/mol. The predicted octanol–water partition coefficient (Wildman–Crippen LogP) is 2.87. The SMILES string of the molecule is CCCOc1ccc(CC=O)cc1Cl. The average molecular weight is 213 g/mol. The molecule has 0 radical (unpaired) electrons. The van der Waals surface area contributed by atoms with Crippen LogP contribution in [0.1, 0.15) is 18.9 Å². The number of carbonyl (C=O) groups is 1. The number of ether oxygens (including phenoxy) is 1. The molecule has 1 aromatic rings. The van der Waals surface area contributed by atoms with Crippen molar-refractivity contribution in [3.8, 4) is 5.75 Å². The Morgan fingerprint density at radius 3 is 2.86 bits per heavy atom. The van der Waals surface area contributed by atoms with Gasteiger partial charge in [-0.1, -0.05) is 24.6 Å². The Morgan fingerprint density at radius 2 is 2.29 bits per heavy atom. The Kier molecular flexibility index (Phi) is 4.47. The van der Waals surface area contributed by atoms with Crippen molar-refractivity contribution in [3.05, 3.63) is 28.8 Å². The van der Waals surface area contributed by atoms with E-state index in [4.69, 9.17) is 16.3 Å². The second-order valence-corrected chi connectivity index (χ2v) is 3.39. The van der Waals surface area contributed by atoms with Crippen LogP contribution < -0.4 is 4.74 Å². The van der Waals surface area contributed by atoms with Gasteiger partial charge in [-0.25, -0.2) is 0 Å². The van der Waals surface area contributed by atoms with Gasteiger partial charge in [0.1, 0.15) is 12.0 Å². The number of benzene rings is 1. The van der Waals surface area contributed by atoms with Crippen molar-refractivity contribution in [2.24, 2.45) is 0 Å². The smallest absolute Gasteiger partial charge is 0.137 e. The first kappa shape index (κ1) is 11.1. The topological polar surface area (TPSA) is 26.3 Å². The van der Waals surface area contributed by atoms with Gasteiger partial charge in [0.15, 0.2) is 0 Å². The summed E-state index contributed by atoms with van der Waals surface area (Å²) >= 11 is 5.96. The van der Waals surface area contributed by atoms with Crippen LogP contribution in [0.5, 0.6) is 5.75 Å². The van der Waals surface area contributed by atoms with Crippen molar-refractivity contribution in [2.45, 2.75) is 19.8 Å². The van der Waals surface area contributed by atoms with Crippen molar-refractivity contribution in [3.63, 3.8) is 0 Å². The Labute approximate surface area is 88.8 Å². The third-order valence-electron chi connectivity index (χ3n) is 1.78. The van der Waals surface area contributed by atoms with Gasteiger partial charge >= 0.3 is 0 Å². The zero-order valence-electron chi connectivity index (χ0n) is 8.13. The van der Waals surface area contributed by atoms with Gasteiger partial charge in [0, 0.05) is 6.42 Å². The van der Waals surface area contributed by atoms with E-state index >= 15 is 0 Å². The first-order valence-corrected chi connectivity index (χ1v) is 5.00. The van der Waals surface area contributed by atoms with Gasteiger partial charge in [0.2, 0.25) is 0 Å². The van der Waals surface area contributed by atoms with Gasteiger partial charge < -0.3 is 9.53 Å². The van der Waals surface area contributed by atoms with E-state index < -0.39 is 0 Å². The molecule has 0 amide bonds. The lowest BCUT2D eigenvalue weighted by molar-refractivity contribution is -0.107. The van der Waals surface area contributed by atoms with E-state index in [-0.39, 0.29) is 0 Å². The minimum Gasteiger partial charge on any atom is -0.492 e. The second kappa shape index (κ2) is 5.66. The first-order valence-electron chi connectivity index (χ1n) is 4.62. The Bertz CT molecular complexity index is 310. The summed E-state index contributed by atoms with van der Waals surface area (Å²) in [6, 6.07) is 5.42. The van der Waals surface area contributed by atoms with E-state index in [0.29, 0.717) is 23.8 Å². The maximum atomic E-state index is 10.3. The van der Waals surface area contributed by atoms with E-state index in [1.807, 2.05) is 13.0 Å². The molecule has 0 saturated heterocycles. The largest absolute Gasteiger partial charge is 0.492 e. The lowest BCUT2D eigenvalue weighted by Crippen LogP contribution is -1.96. The molecule has 0 aliphatic rings. The highest BCUT2D eigenvalue weighted by Gasteiger charge is 2.02. The number of aldehydes is 1. The standard InChI is InChI=1S/C11H13ClO2/c1-2-7-14-11-4-3-9(5-6-13)8-10(11)12/h3-4,6,8H,2,5,7H2,1H3. The highest BCUT2D eigenvalue weighted by Crippen LogP contribution is 2.25. The molecule has 0 bridgehead atoms. The molecule has 0 heterocycles. The molecule has 1 rings (SSSR count). The van der Waals surface area contributed by atoms with Crippen LogP contribution in [0.3, 0.4) is 0 Å². The third-order valence-corrected chi connectivity index (χ3v) is 2.07. The van der Waals surface area contributed by atoms with Crippen molar-refractivity contribution >= 4 is 17.9 Å². The first-order chi connectivity index (χ1) is 6.77. The number of hydrogen-bond donors (Lipinski definition) is 0. The Balaban J connectivity index is 2.73. The molecular formula is C11H13ClO2. The van der Waals surface area contributed by atoms with Crippen LogP contribution in [0.15, 0.2) is 18.2 Å². The average Bonchev–Trinajstić information content (AvgIpc) is 2.17. The molecular weight excluding hydrogens is 200 g/mol. The molecule has 14 heavy (non-hydrogen) atoms. The summed E-state index contributed by atoms with van der Waals surface area (Å²) in [4.78, 5) is 10.3. The summed E-state index contributed by atoms with van der Waals surface area (Å²) in [5, 5.41) is 0.567. The molecule has 0 aromatic heterocycles. The number of halogens is 1. The maximum Gasteiger partial charge on any atom is 0.137 e. The normalized spacial score (nSPS) is 9.86. The van der Waals surface area contributed by atoms with Crippen LogP contribution in [0.4, 0.5) is 0 Å². The van der Waals surface area contributed by atoms with Crippen molar-refractivity contribution in [1.29, 1.82) is 0 Å². The van der Waals surface area contributed by atoms with Gasteiger partial charge in [-0.3, -0.25) is 0 Å². The van der Waals surface area contributed by atoms with Crippen molar-refractivity contribution in [1.82, 2.24) is 0 Å². The van der Waals surface area contributed by atoms with Gasteiger partial charge in [0.05, 0.1) is 11.6 Å². The van der Waals surface area contributed by atoms with Crippen molar-refractivity contribution < 1.29 is 9.53 Å². The Morgan fingerprint density at radius 1 is 1.50 bits per heavy atom. The molecule has 0 spiro atoms. The number of rotatable bonds is 5. The van der Waals surface area contributed by atoms with Crippen LogP contribution >= 0.6 is 11.6 Å². The third kappa shape index (κ3) is 3.04. The van der Waals surface area contributed by atoms with Crippen molar-refractivity contribution in [2.75, 3.05) is 6.61 Å². The van der Waals surface area contributed by atoms with Crippen LogP contribution in [0, 0.1) is 0 Å². The molecule has 0 atom stereocenters. The van der Waals surface area contributed by atoms with Crippen LogP contribution in [0.25, 0.3) is 0 Å². The summed E-state index contributed by atoms with van der Waals surface area (Å²) in [6.45, 7) is 2.70. The summed E-state index contributed by atoms with van der Waals surface area (Å²) in [6.07, 6.45) is 2.21. The lowest BCUT2D eigenvalue weighted by atomic mass is 10.2. The van der Waals surface area contributed by atoms with Gasteiger partial charge in [-0.2, -0.15) is 0 Å². The lowest BCUT2D eigenvalue weighted by Gasteiger charge is -2.07. The monoisotopic (exact) mass is 212 g/mol. The molecule has 0 fully saturated rings. The highest BCUT2D eigenvalue weighted by molar-refractivity contribution is 6.32. The van der Waals surface area contributed by atoms with E-state index in [2.05, 4.69) is 0 Å². The fourth-order valence-corrected chi connectivity index (χ4v) is 1.35. The van der Waals surface area contributed by atoms with Gasteiger partial charge in [0.25, 0.3) is 0 Å². The van der Waals surface area contributed by atoms with Gasteiger partial charge in [-0.15, -0.1) is 0 Å². The van der Waals surface area contributed by atoms with Crippen LogP contribution in [-0.4, -0.2) is 12.9 Å². The van der Waals surface area contributed by atoms with Crippen LogP contribution in [-0.2, 0) is 11.2 Å².